The molecule has 1 aliphatic heterocycles. The van der Waals surface area contributed by atoms with Gasteiger partial charge in [-0.05, 0) is 38.4 Å². The predicted molar refractivity (Wildman–Crippen MR) is 53.1 cm³/mol. The van der Waals surface area contributed by atoms with Crippen molar-refractivity contribution in [3.05, 3.63) is 0 Å². The second kappa shape index (κ2) is 5.55. The monoisotopic (exact) mass is 170 g/mol. The zero-order chi connectivity index (χ0) is 8.81. The topological polar surface area (TPSA) is 29.3 Å². The molecule has 0 radical (unpaired) electrons. The van der Waals surface area contributed by atoms with Crippen LogP contribution in [0.5, 0.6) is 0 Å². The quantitative estimate of drug-likeness (QED) is 0.695. The smallest absolute Gasteiger partial charge is 0.00191 e. The molecule has 72 valence electrons. The molecule has 2 heteroatoms. The molecule has 0 aromatic rings. The maximum absolute atomic E-state index is 5.60. The number of hydrogen-bond acceptors (Lipinski definition) is 2. The Morgan fingerprint density at radius 2 is 1.75 bits per heavy atom. The maximum atomic E-state index is 5.60. The zero-order valence-electron chi connectivity index (χ0n) is 8.26. The normalized spacial score (nSPS) is 23.5. The lowest BCUT2D eigenvalue weighted by Gasteiger charge is -2.22. The van der Waals surface area contributed by atoms with Crippen molar-refractivity contribution in [2.24, 2.45) is 11.7 Å². The lowest BCUT2D eigenvalue weighted by Crippen LogP contribution is -2.32. The van der Waals surface area contributed by atoms with Crippen molar-refractivity contribution in [3.63, 3.8) is 0 Å². The first-order valence-corrected chi connectivity index (χ1v) is 5.25. The highest BCUT2D eigenvalue weighted by atomic mass is 15.1. The number of hydrogen-bond donors (Lipinski definition) is 1. The molecule has 0 aliphatic carbocycles. The van der Waals surface area contributed by atoms with E-state index in [0.717, 1.165) is 6.54 Å². The van der Waals surface area contributed by atoms with Crippen LogP contribution < -0.4 is 5.73 Å². The molecule has 2 N–H and O–H groups in total. The summed E-state index contributed by atoms with van der Waals surface area (Å²) in [4.78, 5) is 2.57. The van der Waals surface area contributed by atoms with Gasteiger partial charge in [-0.2, -0.15) is 0 Å². The van der Waals surface area contributed by atoms with E-state index >= 15 is 0 Å². The molecule has 2 nitrogen and oxygen atoms in total. The highest BCUT2D eigenvalue weighted by Gasteiger charge is 2.10. The standard InChI is InChI=1S/C10H22N2/c1-10(8-11)9-12-6-4-2-3-5-7-12/h10H,2-9,11H2,1H3/t10-/m1/s1. The van der Waals surface area contributed by atoms with E-state index in [4.69, 9.17) is 5.73 Å². The van der Waals surface area contributed by atoms with E-state index in [2.05, 4.69) is 11.8 Å². The number of nitrogens with two attached hydrogens (primary N) is 1. The molecule has 1 saturated heterocycles. The summed E-state index contributed by atoms with van der Waals surface area (Å²) in [5.41, 5.74) is 5.60. The van der Waals surface area contributed by atoms with Gasteiger partial charge in [0.05, 0.1) is 0 Å². The molecule has 12 heavy (non-hydrogen) atoms. The van der Waals surface area contributed by atoms with Crippen molar-refractivity contribution in [1.29, 1.82) is 0 Å². The van der Waals surface area contributed by atoms with Crippen molar-refractivity contribution in [2.75, 3.05) is 26.2 Å². The first-order valence-electron chi connectivity index (χ1n) is 5.25. The van der Waals surface area contributed by atoms with Crippen molar-refractivity contribution < 1.29 is 0 Å². The molecule has 0 aromatic heterocycles. The van der Waals surface area contributed by atoms with Gasteiger partial charge < -0.3 is 10.6 Å². The average molecular weight is 170 g/mol. The van der Waals surface area contributed by atoms with Crippen molar-refractivity contribution in [1.82, 2.24) is 4.90 Å². The van der Waals surface area contributed by atoms with Gasteiger partial charge in [-0.3, -0.25) is 0 Å². The molecule has 0 spiro atoms. The Bertz CT molecular complexity index is 106. The van der Waals surface area contributed by atoms with E-state index < -0.39 is 0 Å². The van der Waals surface area contributed by atoms with E-state index in [0.29, 0.717) is 5.92 Å². The molecule has 0 amide bonds. The van der Waals surface area contributed by atoms with Crippen LogP contribution in [0.3, 0.4) is 0 Å². The average Bonchev–Trinajstić information content (AvgIpc) is 2.33. The lowest BCUT2D eigenvalue weighted by molar-refractivity contribution is 0.249. The molecule has 1 heterocycles. The van der Waals surface area contributed by atoms with Crippen LogP contribution in [0.25, 0.3) is 0 Å². The second-order valence-corrected chi connectivity index (χ2v) is 4.06. The molecule has 1 aliphatic rings. The van der Waals surface area contributed by atoms with Gasteiger partial charge in [-0.1, -0.05) is 19.8 Å². The first kappa shape index (κ1) is 10.0. The minimum Gasteiger partial charge on any atom is -0.330 e. The molecule has 0 aromatic carbocycles. The van der Waals surface area contributed by atoms with E-state index in [1.807, 2.05) is 0 Å². The highest BCUT2D eigenvalue weighted by Crippen LogP contribution is 2.10. The summed E-state index contributed by atoms with van der Waals surface area (Å²) < 4.78 is 0. The van der Waals surface area contributed by atoms with E-state index in [1.165, 1.54) is 45.3 Å². The Hall–Kier alpha value is -0.0800. The molecule has 1 atom stereocenters. The summed E-state index contributed by atoms with van der Waals surface area (Å²) in [6.07, 6.45) is 5.62. The van der Waals surface area contributed by atoms with Crippen LogP contribution in [0.1, 0.15) is 32.6 Å². The van der Waals surface area contributed by atoms with E-state index in [9.17, 15) is 0 Å². The summed E-state index contributed by atoms with van der Waals surface area (Å²) in [7, 11) is 0. The predicted octanol–water partition coefficient (Wildman–Crippen LogP) is 1.46. The minimum absolute atomic E-state index is 0.670. The van der Waals surface area contributed by atoms with Crippen LogP contribution >= 0.6 is 0 Å². The molecule has 1 rings (SSSR count). The Labute approximate surface area is 76.1 Å². The van der Waals surface area contributed by atoms with Crippen LogP contribution in [0.2, 0.25) is 0 Å². The van der Waals surface area contributed by atoms with Crippen LogP contribution in [-0.2, 0) is 0 Å². The molecular formula is C10H22N2. The summed E-state index contributed by atoms with van der Waals surface area (Å²) in [6.45, 7) is 6.87. The third kappa shape index (κ3) is 3.55. The number of nitrogens with zero attached hydrogens (tertiary/aromatic N) is 1. The summed E-state index contributed by atoms with van der Waals surface area (Å²) >= 11 is 0. The molecule has 0 saturated carbocycles. The van der Waals surface area contributed by atoms with Crippen molar-refractivity contribution >= 4 is 0 Å². The largest absolute Gasteiger partial charge is 0.330 e. The van der Waals surface area contributed by atoms with E-state index in [-0.39, 0.29) is 0 Å². The molecular weight excluding hydrogens is 148 g/mol. The van der Waals surface area contributed by atoms with Crippen LogP contribution in [0, 0.1) is 5.92 Å². The molecule has 0 unspecified atom stereocenters. The second-order valence-electron chi connectivity index (χ2n) is 4.06. The fourth-order valence-electron chi connectivity index (χ4n) is 1.83. The van der Waals surface area contributed by atoms with Gasteiger partial charge in [0.15, 0.2) is 0 Å². The third-order valence-electron chi connectivity index (χ3n) is 2.67. The lowest BCUT2D eigenvalue weighted by atomic mass is 10.1. The van der Waals surface area contributed by atoms with Crippen molar-refractivity contribution in [3.8, 4) is 0 Å². The van der Waals surface area contributed by atoms with Gasteiger partial charge in [0.25, 0.3) is 0 Å². The Balaban J connectivity index is 2.20. The highest BCUT2D eigenvalue weighted by molar-refractivity contribution is 4.66. The minimum atomic E-state index is 0.670. The summed E-state index contributed by atoms with van der Waals surface area (Å²) in [5, 5.41) is 0. The Kier molecular flexibility index (Phi) is 4.62. The van der Waals surface area contributed by atoms with Crippen LogP contribution in [0.4, 0.5) is 0 Å². The number of likely N-dealkylation sites (tertiary alicyclic amines) is 1. The van der Waals surface area contributed by atoms with Crippen molar-refractivity contribution in [2.45, 2.75) is 32.6 Å². The number of rotatable bonds is 3. The van der Waals surface area contributed by atoms with Gasteiger partial charge in [-0.15, -0.1) is 0 Å². The molecule has 1 fully saturated rings. The summed E-state index contributed by atoms with van der Waals surface area (Å²) in [6, 6.07) is 0. The Morgan fingerprint density at radius 1 is 1.17 bits per heavy atom. The third-order valence-corrected chi connectivity index (χ3v) is 2.67. The maximum Gasteiger partial charge on any atom is 0.00191 e. The van der Waals surface area contributed by atoms with Gasteiger partial charge in [0.1, 0.15) is 0 Å². The fourth-order valence-corrected chi connectivity index (χ4v) is 1.83. The van der Waals surface area contributed by atoms with E-state index in [1.54, 1.807) is 0 Å². The SMILES string of the molecule is C[C@H](CN)CN1CCCCCC1. The summed E-state index contributed by atoms with van der Waals surface area (Å²) in [5.74, 6) is 0.670. The van der Waals surface area contributed by atoms with Gasteiger partial charge >= 0.3 is 0 Å². The van der Waals surface area contributed by atoms with Gasteiger partial charge in [0.2, 0.25) is 0 Å². The first-order chi connectivity index (χ1) is 5.83. The Morgan fingerprint density at radius 3 is 2.25 bits per heavy atom. The van der Waals surface area contributed by atoms with Gasteiger partial charge in [-0.25, -0.2) is 0 Å². The fraction of sp³-hybridized carbons (Fsp3) is 1.00. The molecule has 0 bridgehead atoms. The van der Waals surface area contributed by atoms with Crippen LogP contribution in [0.15, 0.2) is 0 Å². The van der Waals surface area contributed by atoms with Crippen LogP contribution in [-0.4, -0.2) is 31.1 Å². The zero-order valence-corrected chi connectivity index (χ0v) is 8.26. The van der Waals surface area contributed by atoms with Gasteiger partial charge in [0, 0.05) is 6.54 Å².